The molecule has 0 aliphatic rings. The Labute approximate surface area is 79.3 Å². The molecule has 0 unspecified atom stereocenters. The van der Waals surface area contributed by atoms with Gasteiger partial charge >= 0.3 is 0 Å². The standard InChI is InChI=1S/C10H17N3/c1-8(2)9-3-5-10(6-4-9)12-7-13-11/h3-6,8,12-13H,7,11H2,1-2H3. The summed E-state index contributed by atoms with van der Waals surface area (Å²) in [5, 5.41) is 3.12. The van der Waals surface area contributed by atoms with E-state index in [2.05, 4.69) is 48.9 Å². The summed E-state index contributed by atoms with van der Waals surface area (Å²) >= 11 is 0. The predicted octanol–water partition coefficient (Wildman–Crippen LogP) is 1.64. The molecule has 0 bridgehead atoms. The number of hydrazine groups is 1. The van der Waals surface area contributed by atoms with Gasteiger partial charge in [0.25, 0.3) is 0 Å². The molecular weight excluding hydrogens is 162 g/mol. The first-order valence-corrected chi connectivity index (χ1v) is 4.51. The smallest absolute Gasteiger partial charge is 0.0780 e. The van der Waals surface area contributed by atoms with Crippen molar-refractivity contribution in [3.05, 3.63) is 29.8 Å². The fraction of sp³-hybridized carbons (Fsp3) is 0.400. The summed E-state index contributed by atoms with van der Waals surface area (Å²) < 4.78 is 0. The Kier molecular flexibility index (Phi) is 3.73. The fourth-order valence-corrected chi connectivity index (χ4v) is 1.14. The summed E-state index contributed by atoms with van der Waals surface area (Å²) in [4.78, 5) is 0. The molecule has 1 rings (SSSR count). The van der Waals surface area contributed by atoms with Gasteiger partial charge in [0, 0.05) is 5.69 Å². The molecule has 0 radical (unpaired) electrons. The summed E-state index contributed by atoms with van der Waals surface area (Å²) in [6.07, 6.45) is 0. The van der Waals surface area contributed by atoms with Crippen molar-refractivity contribution >= 4 is 5.69 Å². The molecule has 0 atom stereocenters. The quantitative estimate of drug-likeness (QED) is 0.374. The minimum atomic E-state index is 0.584. The van der Waals surface area contributed by atoms with E-state index in [1.54, 1.807) is 0 Å². The van der Waals surface area contributed by atoms with Crippen LogP contribution in [0.5, 0.6) is 0 Å². The zero-order chi connectivity index (χ0) is 9.68. The van der Waals surface area contributed by atoms with E-state index in [-0.39, 0.29) is 0 Å². The van der Waals surface area contributed by atoms with Gasteiger partial charge in [-0.05, 0) is 23.6 Å². The van der Waals surface area contributed by atoms with E-state index in [0.29, 0.717) is 12.6 Å². The highest BCUT2D eigenvalue weighted by Gasteiger charge is 1.97. The molecule has 1 aromatic carbocycles. The second kappa shape index (κ2) is 4.84. The van der Waals surface area contributed by atoms with Crippen molar-refractivity contribution < 1.29 is 0 Å². The zero-order valence-electron chi connectivity index (χ0n) is 8.17. The average molecular weight is 179 g/mol. The van der Waals surface area contributed by atoms with E-state index in [1.807, 2.05) is 0 Å². The number of hydrogen-bond acceptors (Lipinski definition) is 3. The van der Waals surface area contributed by atoms with Crippen LogP contribution in [0.2, 0.25) is 0 Å². The number of anilines is 1. The maximum atomic E-state index is 5.14. The van der Waals surface area contributed by atoms with Crippen molar-refractivity contribution in [1.29, 1.82) is 0 Å². The molecule has 3 heteroatoms. The molecule has 0 amide bonds. The van der Waals surface area contributed by atoms with Gasteiger partial charge in [0.05, 0.1) is 6.67 Å². The van der Waals surface area contributed by atoms with Crippen molar-refractivity contribution in [1.82, 2.24) is 5.43 Å². The first-order chi connectivity index (χ1) is 6.24. The van der Waals surface area contributed by atoms with Gasteiger partial charge in [-0.25, -0.2) is 5.43 Å². The predicted molar refractivity (Wildman–Crippen MR) is 56.3 cm³/mol. The van der Waals surface area contributed by atoms with Crippen molar-refractivity contribution in [3.8, 4) is 0 Å². The van der Waals surface area contributed by atoms with Crippen LogP contribution in [0, 0.1) is 0 Å². The maximum Gasteiger partial charge on any atom is 0.0780 e. The molecule has 0 aliphatic carbocycles. The Bertz CT molecular complexity index is 241. The lowest BCUT2D eigenvalue weighted by molar-refractivity contribution is 0.790. The topological polar surface area (TPSA) is 50.1 Å². The summed E-state index contributed by atoms with van der Waals surface area (Å²) in [6.45, 7) is 4.95. The Hall–Kier alpha value is -1.06. The second-order valence-electron chi connectivity index (χ2n) is 3.33. The van der Waals surface area contributed by atoms with Crippen LogP contribution in [-0.2, 0) is 0 Å². The van der Waals surface area contributed by atoms with Crippen LogP contribution in [0.25, 0.3) is 0 Å². The lowest BCUT2D eigenvalue weighted by Gasteiger charge is -2.08. The number of nitrogens with two attached hydrogens (primary N) is 1. The van der Waals surface area contributed by atoms with Crippen LogP contribution in [0.15, 0.2) is 24.3 Å². The monoisotopic (exact) mass is 179 g/mol. The van der Waals surface area contributed by atoms with E-state index in [0.717, 1.165) is 5.69 Å². The van der Waals surface area contributed by atoms with Crippen LogP contribution in [0.1, 0.15) is 25.3 Å². The van der Waals surface area contributed by atoms with E-state index in [4.69, 9.17) is 5.84 Å². The largest absolute Gasteiger partial charge is 0.371 e. The van der Waals surface area contributed by atoms with Gasteiger partial charge in [-0.3, -0.25) is 5.84 Å². The van der Waals surface area contributed by atoms with E-state index in [9.17, 15) is 0 Å². The van der Waals surface area contributed by atoms with Crippen LogP contribution in [-0.4, -0.2) is 6.67 Å². The third kappa shape index (κ3) is 3.05. The normalized spacial score (nSPS) is 10.5. The third-order valence-electron chi connectivity index (χ3n) is 1.97. The summed E-state index contributed by atoms with van der Waals surface area (Å²) in [5.74, 6) is 5.73. The Morgan fingerprint density at radius 1 is 1.23 bits per heavy atom. The van der Waals surface area contributed by atoms with Gasteiger partial charge < -0.3 is 5.32 Å². The van der Waals surface area contributed by atoms with Gasteiger partial charge in [0.15, 0.2) is 0 Å². The van der Waals surface area contributed by atoms with Crippen LogP contribution < -0.4 is 16.6 Å². The maximum absolute atomic E-state index is 5.14. The SMILES string of the molecule is CC(C)c1ccc(NCNN)cc1. The minimum absolute atomic E-state index is 0.584. The molecule has 3 nitrogen and oxygen atoms in total. The molecule has 0 aliphatic heterocycles. The molecule has 0 fully saturated rings. The van der Waals surface area contributed by atoms with Gasteiger partial charge in [0.2, 0.25) is 0 Å². The average Bonchev–Trinajstić information content (AvgIpc) is 2.15. The zero-order valence-corrected chi connectivity index (χ0v) is 8.17. The number of benzene rings is 1. The van der Waals surface area contributed by atoms with E-state index >= 15 is 0 Å². The van der Waals surface area contributed by atoms with Crippen molar-refractivity contribution in [2.24, 2.45) is 5.84 Å². The Balaban J connectivity index is 2.59. The summed E-state index contributed by atoms with van der Waals surface area (Å²) in [7, 11) is 0. The molecule has 0 aromatic heterocycles. The molecule has 0 saturated heterocycles. The summed E-state index contributed by atoms with van der Waals surface area (Å²) in [6, 6.07) is 8.38. The highest BCUT2D eigenvalue weighted by atomic mass is 15.3. The minimum Gasteiger partial charge on any atom is -0.371 e. The van der Waals surface area contributed by atoms with E-state index in [1.165, 1.54) is 5.56 Å². The number of hydrogen-bond donors (Lipinski definition) is 3. The van der Waals surface area contributed by atoms with Gasteiger partial charge in [-0.15, -0.1) is 0 Å². The first-order valence-electron chi connectivity index (χ1n) is 4.51. The lowest BCUT2D eigenvalue weighted by atomic mass is 10.0. The highest BCUT2D eigenvalue weighted by Crippen LogP contribution is 2.16. The Morgan fingerprint density at radius 2 is 1.85 bits per heavy atom. The van der Waals surface area contributed by atoms with Gasteiger partial charge in [-0.1, -0.05) is 26.0 Å². The molecule has 0 saturated carbocycles. The Morgan fingerprint density at radius 3 is 2.31 bits per heavy atom. The summed E-state index contributed by atoms with van der Waals surface area (Å²) in [5.41, 5.74) is 4.98. The van der Waals surface area contributed by atoms with Crippen LogP contribution in [0.4, 0.5) is 5.69 Å². The second-order valence-corrected chi connectivity index (χ2v) is 3.33. The number of rotatable bonds is 4. The lowest BCUT2D eigenvalue weighted by Crippen LogP contribution is -2.28. The van der Waals surface area contributed by atoms with Gasteiger partial charge in [-0.2, -0.15) is 0 Å². The first kappa shape index (κ1) is 10.0. The van der Waals surface area contributed by atoms with Crippen molar-refractivity contribution in [2.75, 3.05) is 12.0 Å². The molecule has 0 heterocycles. The molecular formula is C10H17N3. The number of nitrogens with one attached hydrogen (secondary N) is 2. The fourth-order valence-electron chi connectivity index (χ4n) is 1.14. The van der Waals surface area contributed by atoms with Crippen molar-refractivity contribution in [3.63, 3.8) is 0 Å². The molecule has 0 spiro atoms. The third-order valence-corrected chi connectivity index (χ3v) is 1.97. The molecule has 1 aromatic rings. The van der Waals surface area contributed by atoms with Crippen LogP contribution in [0.3, 0.4) is 0 Å². The molecule has 72 valence electrons. The van der Waals surface area contributed by atoms with Crippen molar-refractivity contribution in [2.45, 2.75) is 19.8 Å². The van der Waals surface area contributed by atoms with Gasteiger partial charge in [0.1, 0.15) is 0 Å². The van der Waals surface area contributed by atoms with Crippen LogP contribution >= 0.6 is 0 Å². The van der Waals surface area contributed by atoms with E-state index < -0.39 is 0 Å². The molecule has 13 heavy (non-hydrogen) atoms. The molecule has 4 N–H and O–H groups in total. The highest BCUT2D eigenvalue weighted by molar-refractivity contribution is 5.44.